The highest BCUT2D eigenvalue weighted by molar-refractivity contribution is 5.76. The molecule has 1 nitrogen and oxygen atoms in total. The molecule has 0 aromatic heterocycles. The highest BCUT2D eigenvalue weighted by Crippen LogP contribution is 2.35. The van der Waals surface area contributed by atoms with Gasteiger partial charge in [0.2, 0.25) is 0 Å². The molecule has 0 aliphatic rings. The van der Waals surface area contributed by atoms with E-state index >= 15 is 0 Å². The highest BCUT2D eigenvalue weighted by atomic mass is 15.1. The predicted molar refractivity (Wildman–Crippen MR) is 104 cm³/mol. The molecule has 0 amide bonds. The average molecular weight is 315 g/mol. The van der Waals surface area contributed by atoms with Crippen LogP contribution in [0.4, 0.5) is 17.1 Å². The van der Waals surface area contributed by atoms with E-state index in [1.807, 2.05) is 0 Å². The van der Waals surface area contributed by atoms with Crippen molar-refractivity contribution >= 4 is 17.1 Å². The first-order valence-electron chi connectivity index (χ1n) is 8.62. The fourth-order valence-electron chi connectivity index (χ4n) is 2.87. The van der Waals surface area contributed by atoms with Crippen molar-refractivity contribution in [2.24, 2.45) is 0 Å². The van der Waals surface area contributed by atoms with E-state index < -0.39 is 0 Å². The van der Waals surface area contributed by atoms with E-state index in [9.17, 15) is 0 Å². The van der Waals surface area contributed by atoms with E-state index in [2.05, 4.69) is 111 Å². The van der Waals surface area contributed by atoms with Gasteiger partial charge in [-0.2, -0.15) is 0 Å². The molecule has 0 N–H and O–H groups in total. The zero-order valence-corrected chi connectivity index (χ0v) is 14.7. The summed E-state index contributed by atoms with van der Waals surface area (Å²) in [7, 11) is 0. The number of hydrogen-bond acceptors (Lipinski definition) is 1. The molecule has 3 aromatic carbocycles. The van der Waals surface area contributed by atoms with Crippen LogP contribution in [0, 0.1) is 0 Å². The van der Waals surface area contributed by atoms with E-state index in [0.717, 1.165) is 6.42 Å². The lowest BCUT2D eigenvalue weighted by Crippen LogP contribution is -2.16. The Kier molecular flexibility index (Phi) is 4.71. The Hall–Kier alpha value is -2.54. The summed E-state index contributed by atoms with van der Waals surface area (Å²) in [4.78, 5) is 2.29. The van der Waals surface area contributed by atoms with Crippen molar-refractivity contribution in [3.05, 3.63) is 90.5 Å². The third-order valence-electron chi connectivity index (χ3n) is 4.82. The number of benzene rings is 3. The third kappa shape index (κ3) is 3.35. The van der Waals surface area contributed by atoms with Crippen LogP contribution in [0.25, 0.3) is 0 Å². The first-order valence-corrected chi connectivity index (χ1v) is 8.62. The zero-order valence-electron chi connectivity index (χ0n) is 14.7. The first-order chi connectivity index (χ1) is 11.6. The van der Waals surface area contributed by atoms with E-state index in [4.69, 9.17) is 0 Å². The average Bonchev–Trinajstić information content (AvgIpc) is 2.64. The van der Waals surface area contributed by atoms with Crippen LogP contribution in [0.15, 0.2) is 84.9 Å². The topological polar surface area (TPSA) is 3.24 Å². The number of nitrogens with zero attached hydrogens (tertiary/aromatic N) is 1. The van der Waals surface area contributed by atoms with Gasteiger partial charge in [-0.25, -0.2) is 0 Å². The van der Waals surface area contributed by atoms with Crippen LogP contribution in [0.2, 0.25) is 0 Å². The standard InChI is InChI=1S/C23H25N/c1-4-23(2,3)19-15-17-22(18-16-19)24(20-11-7-5-8-12-20)21-13-9-6-10-14-21/h5-18H,4H2,1-3H3. The molecule has 0 saturated carbocycles. The lowest BCUT2D eigenvalue weighted by Gasteiger charge is -2.27. The second-order valence-corrected chi connectivity index (χ2v) is 6.79. The van der Waals surface area contributed by atoms with Gasteiger partial charge < -0.3 is 4.90 Å². The molecule has 3 rings (SSSR count). The molecule has 0 heterocycles. The van der Waals surface area contributed by atoms with Crippen molar-refractivity contribution in [1.29, 1.82) is 0 Å². The summed E-state index contributed by atoms with van der Waals surface area (Å²) in [6.07, 6.45) is 1.13. The molecule has 0 aliphatic heterocycles. The van der Waals surface area contributed by atoms with Crippen LogP contribution in [0.1, 0.15) is 32.8 Å². The second-order valence-electron chi connectivity index (χ2n) is 6.79. The molecule has 0 radical (unpaired) electrons. The van der Waals surface area contributed by atoms with Crippen molar-refractivity contribution in [3.63, 3.8) is 0 Å². The minimum atomic E-state index is 0.211. The van der Waals surface area contributed by atoms with E-state index in [-0.39, 0.29) is 5.41 Å². The summed E-state index contributed by atoms with van der Waals surface area (Å²) < 4.78 is 0. The Bertz CT molecular complexity index is 719. The molecule has 0 aliphatic carbocycles. The lowest BCUT2D eigenvalue weighted by atomic mass is 9.82. The molecule has 0 fully saturated rings. The van der Waals surface area contributed by atoms with E-state index in [1.54, 1.807) is 0 Å². The minimum Gasteiger partial charge on any atom is -0.311 e. The predicted octanol–water partition coefficient (Wildman–Crippen LogP) is 6.84. The van der Waals surface area contributed by atoms with Crippen molar-refractivity contribution in [1.82, 2.24) is 0 Å². The minimum absolute atomic E-state index is 0.211. The van der Waals surface area contributed by atoms with Gasteiger partial charge in [-0.3, -0.25) is 0 Å². The molecular formula is C23H25N. The monoisotopic (exact) mass is 315 g/mol. The van der Waals surface area contributed by atoms with Gasteiger partial charge in [0.1, 0.15) is 0 Å². The van der Waals surface area contributed by atoms with Crippen molar-refractivity contribution < 1.29 is 0 Å². The fourth-order valence-corrected chi connectivity index (χ4v) is 2.87. The Morgan fingerprint density at radius 3 is 1.46 bits per heavy atom. The normalized spacial score (nSPS) is 11.3. The third-order valence-corrected chi connectivity index (χ3v) is 4.82. The molecule has 0 unspecified atom stereocenters. The second kappa shape index (κ2) is 6.92. The van der Waals surface area contributed by atoms with Crippen molar-refractivity contribution in [2.75, 3.05) is 4.90 Å². The maximum Gasteiger partial charge on any atom is 0.0461 e. The van der Waals surface area contributed by atoms with Crippen LogP contribution < -0.4 is 4.90 Å². The molecule has 0 saturated heterocycles. The molecule has 0 atom stereocenters. The Morgan fingerprint density at radius 2 is 1.04 bits per heavy atom. The summed E-state index contributed by atoms with van der Waals surface area (Å²) in [5.74, 6) is 0. The van der Waals surface area contributed by atoms with Crippen LogP contribution >= 0.6 is 0 Å². The SMILES string of the molecule is CCC(C)(C)c1ccc(N(c2ccccc2)c2ccccc2)cc1. The van der Waals surface area contributed by atoms with Gasteiger partial charge in [0.15, 0.2) is 0 Å². The molecule has 0 bridgehead atoms. The lowest BCUT2D eigenvalue weighted by molar-refractivity contribution is 0.506. The van der Waals surface area contributed by atoms with Gasteiger partial charge in [-0.05, 0) is 53.8 Å². The quantitative estimate of drug-likeness (QED) is 0.498. The molecule has 3 aromatic rings. The smallest absolute Gasteiger partial charge is 0.0461 e. The fraction of sp³-hybridized carbons (Fsp3) is 0.217. The Balaban J connectivity index is 2.04. The first kappa shape index (κ1) is 16.3. The number of rotatable bonds is 5. The van der Waals surface area contributed by atoms with Crippen LogP contribution in [-0.2, 0) is 5.41 Å². The van der Waals surface area contributed by atoms with Crippen LogP contribution in [0.3, 0.4) is 0 Å². The van der Waals surface area contributed by atoms with Gasteiger partial charge in [0.05, 0.1) is 0 Å². The number of hydrogen-bond donors (Lipinski definition) is 0. The molecular weight excluding hydrogens is 290 g/mol. The Morgan fingerprint density at radius 1 is 0.625 bits per heavy atom. The maximum absolute atomic E-state index is 2.30. The van der Waals surface area contributed by atoms with Gasteiger partial charge in [-0.15, -0.1) is 0 Å². The summed E-state index contributed by atoms with van der Waals surface area (Å²) in [5.41, 5.74) is 5.12. The number of para-hydroxylation sites is 2. The largest absolute Gasteiger partial charge is 0.311 e. The molecule has 122 valence electrons. The zero-order chi connectivity index (χ0) is 17.0. The van der Waals surface area contributed by atoms with Gasteiger partial charge in [0, 0.05) is 17.1 Å². The summed E-state index contributed by atoms with van der Waals surface area (Å²) in [5, 5.41) is 0. The van der Waals surface area contributed by atoms with Crippen molar-refractivity contribution in [3.8, 4) is 0 Å². The molecule has 1 heteroatoms. The summed E-state index contributed by atoms with van der Waals surface area (Å²) in [6.45, 7) is 6.84. The van der Waals surface area contributed by atoms with Gasteiger partial charge in [-0.1, -0.05) is 69.3 Å². The maximum atomic E-state index is 2.30. The van der Waals surface area contributed by atoms with E-state index in [0.29, 0.717) is 0 Å². The summed E-state index contributed by atoms with van der Waals surface area (Å²) >= 11 is 0. The Labute approximate surface area is 145 Å². The number of anilines is 3. The van der Waals surface area contributed by atoms with Crippen molar-refractivity contribution in [2.45, 2.75) is 32.6 Å². The molecule has 0 spiro atoms. The van der Waals surface area contributed by atoms with Crippen LogP contribution in [0.5, 0.6) is 0 Å². The van der Waals surface area contributed by atoms with Gasteiger partial charge >= 0.3 is 0 Å². The molecule has 24 heavy (non-hydrogen) atoms. The van der Waals surface area contributed by atoms with E-state index in [1.165, 1.54) is 22.6 Å². The summed E-state index contributed by atoms with van der Waals surface area (Å²) in [6, 6.07) is 30.0. The van der Waals surface area contributed by atoms with Gasteiger partial charge in [0.25, 0.3) is 0 Å². The van der Waals surface area contributed by atoms with Crippen LogP contribution in [-0.4, -0.2) is 0 Å². The highest BCUT2D eigenvalue weighted by Gasteiger charge is 2.18.